The summed E-state index contributed by atoms with van der Waals surface area (Å²) < 4.78 is 33.2. The summed E-state index contributed by atoms with van der Waals surface area (Å²) >= 11 is 9.57. The first kappa shape index (κ1) is 25.6. The third-order valence-corrected chi connectivity index (χ3v) is 6.96. The molecule has 2 N–H and O–H groups in total. The van der Waals surface area contributed by atoms with Crippen LogP contribution < -0.4 is 15.4 Å². The van der Waals surface area contributed by atoms with Gasteiger partial charge < -0.3 is 15.4 Å². The number of halogens is 4. The number of fused-ring (bicyclic) bond motifs is 3. The molecule has 2 aromatic heterocycles. The molecule has 4 aromatic rings. The topological polar surface area (TPSA) is 93.4 Å². The van der Waals surface area contributed by atoms with Crippen molar-refractivity contribution in [2.45, 2.75) is 45.3 Å². The Hall–Kier alpha value is -3.05. The van der Waals surface area contributed by atoms with Crippen LogP contribution >= 0.6 is 27.5 Å². The highest BCUT2D eigenvalue weighted by Crippen LogP contribution is 2.36. The maximum Gasteiger partial charge on any atom is 0.387 e. The van der Waals surface area contributed by atoms with E-state index >= 15 is 0 Å². The molecule has 0 radical (unpaired) electrons. The highest BCUT2D eigenvalue weighted by Gasteiger charge is 2.30. The lowest BCUT2D eigenvalue weighted by atomic mass is 10.1. The first-order valence-corrected chi connectivity index (χ1v) is 13.1. The molecule has 1 atom stereocenters. The Labute approximate surface area is 224 Å². The smallest absolute Gasteiger partial charge is 0.387 e. The zero-order valence-corrected chi connectivity index (χ0v) is 22.2. The molecule has 12 heteroatoms. The Kier molecular flexibility index (Phi) is 7.43. The van der Waals surface area contributed by atoms with Crippen LogP contribution in [0.4, 0.5) is 14.7 Å². The third-order valence-electron chi connectivity index (χ3n) is 6.09. The van der Waals surface area contributed by atoms with Crippen LogP contribution in [0.5, 0.6) is 5.75 Å². The lowest BCUT2D eigenvalue weighted by molar-refractivity contribution is -0.122. The zero-order valence-electron chi connectivity index (χ0n) is 19.8. The quantitative estimate of drug-likeness (QED) is 0.232. The lowest BCUT2D eigenvalue weighted by Gasteiger charge is -2.19. The van der Waals surface area contributed by atoms with E-state index in [1.54, 1.807) is 6.07 Å². The van der Waals surface area contributed by atoms with Crippen molar-refractivity contribution < 1.29 is 18.3 Å². The third kappa shape index (κ3) is 5.62. The van der Waals surface area contributed by atoms with Gasteiger partial charge in [-0.05, 0) is 65.0 Å². The van der Waals surface area contributed by atoms with E-state index in [1.165, 1.54) is 16.6 Å². The number of alkyl halides is 2. The van der Waals surface area contributed by atoms with Crippen molar-refractivity contribution >= 4 is 55.9 Å². The minimum absolute atomic E-state index is 0.110. The second-order valence-electron chi connectivity index (χ2n) is 8.93. The number of benzene rings is 2. The van der Waals surface area contributed by atoms with Crippen LogP contribution in [0.25, 0.3) is 27.9 Å². The van der Waals surface area contributed by atoms with Gasteiger partial charge in [0.1, 0.15) is 11.8 Å². The van der Waals surface area contributed by atoms with E-state index < -0.39 is 12.7 Å². The van der Waals surface area contributed by atoms with Crippen molar-refractivity contribution in [3.63, 3.8) is 0 Å². The predicted molar refractivity (Wildman–Crippen MR) is 141 cm³/mol. The molecule has 2 heterocycles. The van der Waals surface area contributed by atoms with Gasteiger partial charge in [0.05, 0.1) is 11.1 Å². The summed E-state index contributed by atoms with van der Waals surface area (Å²) in [5.74, 6) is 0.690. The van der Waals surface area contributed by atoms with Crippen LogP contribution in [0.1, 0.15) is 32.6 Å². The van der Waals surface area contributed by atoms with E-state index in [0.29, 0.717) is 41.4 Å². The Morgan fingerprint density at radius 3 is 2.81 bits per heavy atom. The Balaban J connectivity index is 1.64. The summed E-state index contributed by atoms with van der Waals surface area (Å²) in [5, 5.41) is 11.8. The number of nitrogens with one attached hydrogen (secondary N) is 2. The van der Waals surface area contributed by atoms with E-state index in [0.717, 1.165) is 23.7 Å². The fourth-order valence-electron chi connectivity index (χ4n) is 4.12. The summed E-state index contributed by atoms with van der Waals surface area (Å²) in [4.78, 5) is 22.4. The second kappa shape index (κ2) is 10.7. The zero-order chi connectivity index (χ0) is 26.1. The molecular weight excluding hydrogens is 570 g/mol. The van der Waals surface area contributed by atoms with Gasteiger partial charge in [-0.25, -0.2) is 9.97 Å². The monoisotopic (exact) mass is 592 g/mol. The lowest BCUT2D eigenvalue weighted by Crippen LogP contribution is -2.41. The molecule has 1 saturated carbocycles. The van der Waals surface area contributed by atoms with E-state index in [9.17, 15) is 13.6 Å². The summed E-state index contributed by atoms with van der Waals surface area (Å²) in [5.41, 5.74) is 1.31. The minimum Gasteiger partial charge on any atom is -0.434 e. The fraction of sp³-hybridized carbons (Fsp3) is 0.360. The highest BCUT2D eigenvalue weighted by atomic mass is 79.9. The number of aromatic nitrogens is 4. The average Bonchev–Trinajstić information content (AvgIpc) is 3.56. The molecule has 1 fully saturated rings. The van der Waals surface area contributed by atoms with Gasteiger partial charge in [-0.2, -0.15) is 13.3 Å². The normalized spacial score (nSPS) is 14.3. The van der Waals surface area contributed by atoms with E-state index in [2.05, 4.69) is 36.6 Å². The van der Waals surface area contributed by atoms with Gasteiger partial charge >= 0.3 is 6.61 Å². The summed E-state index contributed by atoms with van der Waals surface area (Å²) in [6.45, 7) is -0.477. The molecule has 1 aliphatic rings. The Morgan fingerprint density at radius 1 is 1.27 bits per heavy atom. The van der Waals surface area contributed by atoms with Gasteiger partial charge in [-0.15, -0.1) is 5.10 Å². The molecule has 0 spiro atoms. The summed E-state index contributed by atoms with van der Waals surface area (Å²) in [7, 11) is 0. The van der Waals surface area contributed by atoms with Crippen LogP contribution in [0.3, 0.4) is 0 Å². The minimum atomic E-state index is -3.05. The standard InChI is InChI=1S/C25H24BrClF2N6O2/c1-2-10-30-23(36)18(11-13-6-7-13)31-25-32-20-16(4-3-5-17(20)26)22-33-21(34-35(22)25)15-9-8-14(27)12-19(15)37-24(28)29/h3-5,8-9,12-13,18,24H,2,6-7,10-11H2,1H3,(H,30,36)(H,31,32)/t18-/m0/s1. The first-order valence-electron chi connectivity index (χ1n) is 12.0. The Bertz CT molecular complexity index is 1460. The van der Waals surface area contributed by atoms with Crippen molar-refractivity contribution in [2.75, 3.05) is 11.9 Å². The van der Waals surface area contributed by atoms with Crippen LogP contribution in [0.2, 0.25) is 5.02 Å². The number of nitrogens with zero attached hydrogens (tertiary/aromatic N) is 4. The number of hydrogen-bond donors (Lipinski definition) is 2. The largest absolute Gasteiger partial charge is 0.434 e. The molecule has 0 aliphatic heterocycles. The number of amides is 1. The van der Waals surface area contributed by atoms with Crippen molar-refractivity contribution in [1.82, 2.24) is 24.9 Å². The predicted octanol–water partition coefficient (Wildman–Crippen LogP) is 6.07. The maximum absolute atomic E-state index is 13.1. The molecule has 37 heavy (non-hydrogen) atoms. The van der Waals surface area contributed by atoms with Gasteiger partial charge in [0.2, 0.25) is 11.9 Å². The molecule has 1 amide bonds. The summed E-state index contributed by atoms with van der Waals surface area (Å²) in [6.07, 6.45) is 3.66. The van der Waals surface area contributed by atoms with Crippen molar-refractivity contribution in [3.05, 3.63) is 45.9 Å². The molecule has 5 rings (SSSR count). The van der Waals surface area contributed by atoms with E-state index in [4.69, 9.17) is 21.3 Å². The van der Waals surface area contributed by atoms with Crippen LogP contribution in [0, 0.1) is 5.92 Å². The summed E-state index contributed by atoms with van der Waals surface area (Å²) in [6, 6.07) is 9.41. The molecule has 8 nitrogen and oxygen atoms in total. The molecule has 0 bridgehead atoms. The van der Waals surface area contributed by atoms with Gasteiger partial charge in [-0.1, -0.05) is 37.4 Å². The van der Waals surface area contributed by atoms with Gasteiger partial charge in [-0.3, -0.25) is 4.79 Å². The molecule has 2 aromatic carbocycles. The van der Waals surface area contributed by atoms with Crippen LogP contribution in [-0.2, 0) is 4.79 Å². The van der Waals surface area contributed by atoms with Gasteiger partial charge in [0.25, 0.3) is 0 Å². The van der Waals surface area contributed by atoms with E-state index in [1.807, 2.05) is 25.1 Å². The average molecular weight is 594 g/mol. The number of para-hydroxylation sites is 1. The molecule has 1 aliphatic carbocycles. The number of carbonyl (C=O) groups excluding carboxylic acids is 1. The van der Waals surface area contributed by atoms with Crippen molar-refractivity contribution in [2.24, 2.45) is 5.92 Å². The second-order valence-corrected chi connectivity index (χ2v) is 10.2. The molecule has 0 unspecified atom stereocenters. The molecule has 0 saturated heterocycles. The fourth-order valence-corrected chi connectivity index (χ4v) is 4.74. The SMILES string of the molecule is CCCNC(=O)[C@H](CC1CC1)Nc1nc2c(Br)cccc2c2nc(-c3ccc(Cl)cc3OC(F)F)nn12. The van der Waals surface area contributed by atoms with Crippen molar-refractivity contribution in [1.29, 1.82) is 0 Å². The number of rotatable bonds is 10. The highest BCUT2D eigenvalue weighted by molar-refractivity contribution is 9.10. The number of anilines is 1. The van der Waals surface area contributed by atoms with Gasteiger partial charge in [0.15, 0.2) is 11.5 Å². The molecule has 194 valence electrons. The number of ether oxygens (including phenoxy) is 1. The Morgan fingerprint density at radius 2 is 2.08 bits per heavy atom. The van der Waals surface area contributed by atoms with E-state index in [-0.39, 0.29) is 28.1 Å². The van der Waals surface area contributed by atoms with Crippen molar-refractivity contribution in [3.8, 4) is 17.1 Å². The molecular formula is C25H24BrClF2N6O2. The number of carbonyl (C=O) groups is 1. The number of hydrogen-bond acceptors (Lipinski definition) is 6. The van der Waals surface area contributed by atoms with Crippen LogP contribution in [0.15, 0.2) is 40.9 Å². The van der Waals surface area contributed by atoms with Gasteiger partial charge in [0, 0.05) is 21.4 Å². The maximum atomic E-state index is 13.1. The first-order chi connectivity index (χ1) is 17.8. The van der Waals surface area contributed by atoms with Crippen LogP contribution in [-0.4, -0.2) is 44.7 Å².